The largest absolute Gasteiger partial charge is 0.480 e. The van der Waals surface area contributed by atoms with Crippen molar-refractivity contribution >= 4 is 33.7 Å². The zero-order valence-corrected chi connectivity index (χ0v) is 17.8. The minimum Gasteiger partial charge on any atom is -0.480 e. The molecule has 0 saturated heterocycles. The van der Waals surface area contributed by atoms with Crippen molar-refractivity contribution in [1.29, 1.82) is 0 Å². The molecule has 2 aromatic carbocycles. The first kappa shape index (κ1) is 20.0. The second-order valence-electron chi connectivity index (χ2n) is 8.99. The van der Waals surface area contributed by atoms with E-state index in [1.54, 1.807) is 0 Å². The molecule has 0 radical (unpaired) electrons. The molecule has 33 heavy (non-hydrogen) atoms. The molecule has 4 aromatic rings. The lowest BCUT2D eigenvalue weighted by Gasteiger charge is -2.35. The van der Waals surface area contributed by atoms with Crippen LogP contribution in [0.3, 0.4) is 0 Å². The van der Waals surface area contributed by atoms with E-state index >= 15 is 0 Å². The van der Waals surface area contributed by atoms with Crippen molar-refractivity contribution in [2.45, 2.75) is 43.4 Å². The Balaban J connectivity index is 1.43. The molecule has 0 spiro atoms. The molecule has 4 heterocycles. The number of carbonyl (C=O) groups is 2. The lowest BCUT2D eigenvalue weighted by molar-refractivity contribution is -0.140. The zero-order valence-electron chi connectivity index (χ0n) is 17.8. The molecule has 0 bridgehead atoms. The maximum Gasteiger partial charge on any atom is 0.321 e. The van der Waals surface area contributed by atoms with Gasteiger partial charge in [-0.3, -0.25) is 20.2 Å². The summed E-state index contributed by atoms with van der Waals surface area (Å²) < 4.78 is 0. The summed E-state index contributed by atoms with van der Waals surface area (Å²) in [6.07, 6.45) is 1.31. The van der Waals surface area contributed by atoms with Gasteiger partial charge in [-0.1, -0.05) is 36.4 Å². The van der Waals surface area contributed by atoms with Crippen LogP contribution in [0.4, 0.5) is 0 Å². The van der Waals surface area contributed by atoms with Gasteiger partial charge < -0.3 is 20.2 Å². The highest BCUT2D eigenvalue weighted by atomic mass is 16.4. The monoisotopic (exact) mass is 444 g/mol. The Kier molecular flexibility index (Phi) is 4.53. The molecular formula is C25H24N4O4. The second-order valence-corrected chi connectivity index (χ2v) is 8.99. The number of aromatic nitrogens is 2. The molecule has 6 rings (SSSR count). The molecule has 2 aromatic heterocycles. The number of benzene rings is 2. The molecule has 0 aliphatic carbocycles. The van der Waals surface area contributed by atoms with E-state index in [9.17, 15) is 19.8 Å². The summed E-state index contributed by atoms with van der Waals surface area (Å²) in [5, 5.41) is 28.3. The number of para-hydroxylation sites is 2. The van der Waals surface area contributed by atoms with Crippen LogP contribution in [0.25, 0.3) is 21.8 Å². The Bertz CT molecular complexity index is 1300. The molecule has 0 saturated carbocycles. The fraction of sp³-hybridized carbons (Fsp3) is 0.280. The van der Waals surface area contributed by atoms with Gasteiger partial charge in [-0.2, -0.15) is 0 Å². The summed E-state index contributed by atoms with van der Waals surface area (Å²) in [5.41, 5.74) is 5.95. The number of nitrogens with one attached hydrogen (secondary N) is 4. The maximum absolute atomic E-state index is 11.9. The Morgan fingerprint density at radius 1 is 0.727 bits per heavy atom. The maximum atomic E-state index is 11.9. The topological polar surface area (TPSA) is 130 Å². The third-order valence-corrected chi connectivity index (χ3v) is 7.08. The molecule has 0 fully saturated rings. The van der Waals surface area contributed by atoms with Gasteiger partial charge in [0, 0.05) is 46.0 Å². The number of aromatic amines is 2. The minimum absolute atomic E-state index is 0.272. The number of hydrogen-bond donors (Lipinski definition) is 6. The van der Waals surface area contributed by atoms with Crippen molar-refractivity contribution in [3.05, 3.63) is 71.0 Å². The van der Waals surface area contributed by atoms with E-state index in [0.717, 1.165) is 44.3 Å². The first-order valence-corrected chi connectivity index (χ1v) is 11.2. The second kappa shape index (κ2) is 7.47. The van der Waals surface area contributed by atoms with Crippen molar-refractivity contribution in [3.8, 4) is 0 Å². The summed E-state index contributed by atoms with van der Waals surface area (Å²) >= 11 is 0. The summed E-state index contributed by atoms with van der Waals surface area (Å²) in [4.78, 5) is 30.9. The van der Waals surface area contributed by atoms with Crippen LogP contribution in [0.1, 0.15) is 41.0 Å². The smallest absolute Gasteiger partial charge is 0.321 e. The van der Waals surface area contributed by atoms with E-state index in [4.69, 9.17) is 0 Å². The fourth-order valence-electron chi connectivity index (χ4n) is 5.58. The lowest BCUT2D eigenvalue weighted by atomic mass is 9.86. The molecule has 2 aliphatic heterocycles. The van der Waals surface area contributed by atoms with Crippen LogP contribution in [0, 0.1) is 0 Å². The molecule has 8 nitrogen and oxygen atoms in total. The van der Waals surface area contributed by atoms with E-state index in [1.807, 2.05) is 48.5 Å². The molecule has 0 amide bonds. The average molecular weight is 444 g/mol. The molecular weight excluding hydrogens is 420 g/mol. The number of carboxylic acid groups (broad SMARTS) is 2. The Hall–Kier alpha value is -3.62. The molecule has 8 heteroatoms. The van der Waals surface area contributed by atoms with E-state index in [1.165, 1.54) is 0 Å². The van der Waals surface area contributed by atoms with Crippen molar-refractivity contribution in [2.75, 3.05) is 0 Å². The van der Waals surface area contributed by atoms with E-state index in [2.05, 4.69) is 20.6 Å². The SMILES string of the molecule is O=C(O)[C@@H]1Cc2c([nH]c3ccccc23)[C@H](C[C@H]2N[C@H](C(=O)O)Cc3c2[nH]c2ccccc32)N1. The number of rotatable bonds is 4. The summed E-state index contributed by atoms with van der Waals surface area (Å²) in [7, 11) is 0. The van der Waals surface area contributed by atoms with Crippen molar-refractivity contribution in [3.63, 3.8) is 0 Å². The van der Waals surface area contributed by atoms with Gasteiger partial charge in [-0.15, -0.1) is 0 Å². The Morgan fingerprint density at radius 2 is 1.15 bits per heavy atom. The zero-order chi connectivity index (χ0) is 22.7. The van der Waals surface area contributed by atoms with Gasteiger partial charge in [0.1, 0.15) is 12.1 Å². The standard InChI is InChI=1S/C25H24N4O4/c30-24(31)20-9-14-12-5-1-3-7-16(12)28-22(14)18(26-20)11-19-23-15(10-21(27-19)25(32)33)13-6-2-4-8-17(13)29-23/h1-8,18-21,26-29H,9-11H2,(H,30,31)(H,32,33)/t18-,19+,20-,21-/m0/s1. The number of aliphatic carboxylic acids is 2. The van der Waals surface area contributed by atoms with Gasteiger partial charge in [0.2, 0.25) is 0 Å². The van der Waals surface area contributed by atoms with Gasteiger partial charge in [0.25, 0.3) is 0 Å². The first-order chi connectivity index (χ1) is 16.0. The molecule has 168 valence electrons. The molecule has 4 atom stereocenters. The highest BCUT2D eigenvalue weighted by Crippen LogP contribution is 2.39. The highest BCUT2D eigenvalue weighted by Gasteiger charge is 2.38. The fourth-order valence-corrected chi connectivity index (χ4v) is 5.58. The van der Waals surface area contributed by atoms with Gasteiger partial charge in [0.05, 0.1) is 12.1 Å². The number of carboxylic acids is 2. The minimum atomic E-state index is -0.887. The number of H-pyrrole nitrogens is 2. The van der Waals surface area contributed by atoms with Crippen LogP contribution in [-0.2, 0) is 22.4 Å². The summed E-state index contributed by atoms with van der Waals surface area (Å²) in [5.74, 6) is -1.77. The van der Waals surface area contributed by atoms with Crippen molar-refractivity contribution < 1.29 is 19.8 Å². The van der Waals surface area contributed by atoms with Crippen molar-refractivity contribution in [2.24, 2.45) is 0 Å². The summed E-state index contributed by atoms with van der Waals surface area (Å²) in [6, 6.07) is 13.9. The normalized spacial score (nSPS) is 24.5. The molecule has 2 aliphatic rings. The number of fused-ring (bicyclic) bond motifs is 6. The van der Waals surface area contributed by atoms with Crippen molar-refractivity contribution in [1.82, 2.24) is 20.6 Å². The van der Waals surface area contributed by atoms with Gasteiger partial charge >= 0.3 is 11.9 Å². The van der Waals surface area contributed by atoms with Gasteiger partial charge in [-0.25, -0.2) is 0 Å². The lowest BCUT2D eigenvalue weighted by Crippen LogP contribution is -2.48. The highest BCUT2D eigenvalue weighted by molar-refractivity contribution is 5.88. The molecule has 0 unspecified atom stereocenters. The average Bonchev–Trinajstić information content (AvgIpc) is 3.38. The van der Waals surface area contributed by atoms with Gasteiger partial charge in [-0.05, 0) is 29.7 Å². The van der Waals surface area contributed by atoms with E-state index in [0.29, 0.717) is 19.3 Å². The van der Waals surface area contributed by atoms with Crippen LogP contribution in [-0.4, -0.2) is 44.2 Å². The third-order valence-electron chi connectivity index (χ3n) is 7.08. The van der Waals surface area contributed by atoms with Crippen LogP contribution in [0.5, 0.6) is 0 Å². The predicted octanol–water partition coefficient (Wildman–Crippen LogP) is 3.02. The third kappa shape index (κ3) is 3.21. The van der Waals surface area contributed by atoms with Crippen LogP contribution >= 0.6 is 0 Å². The van der Waals surface area contributed by atoms with Crippen LogP contribution < -0.4 is 10.6 Å². The number of hydrogen-bond acceptors (Lipinski definition) is 4. The molecule has 6 N–H and O–H groups in total. The van der Waals surface area contributed by atoms with Crippen LogP contribution in [0.2, 0.25) is 0 Å². The van der Waals surface area contributed by atoms with Crippen LogP contribution in [0.15, 0.2) is 48.5 Å². The predicted molar refractivity (Wildman–Crippen MR) is 123 cm³/mol. The summed E-state index contributed by atoms with van der Waals surface area (Å²) in [6.45, 7) is 0. The van der Waals surface area contributed by atoms with Gasteiger partial charge in [0.15, 0.2) is 0 Å². The first-order valence-electron chi connectivity index (χ1n) is 11.2. The van der Waals surface area contributed by atoms with E-state index in [-0.39, 0.29) is 12.1 Å². The Labute approximate surface area is 189 Å². The Morgan fingerprint density at radius 3 is 1.58 bits per heavy atom. The quantitative estimate of drug-likeness (QED) is 0.287. The van der Waals surface area contributed by atoms with E-state index < -0.39 is 24.0 Å².